The fourth-order valence-corrected chi connectivity index (χ4v) is 3.53. The smallest absolute Gasteiger partial charge is 0.255 e. The number of hydrogen-bond acceptors (Lipinski definition) is 3. The molecule has 1 heterocycles. The highest BCUT2D eigenvalue weighted by Crippen LogP contribution is 2.38. The van der Waals surface area contributed by atoms with Crippen LogP contribution in [0.3, 0.4) is 0 Å². The number of benzene rings is 3. The van der Waals surface area contributed by atoms with Crippen LogP contribution in [-0.4, -0.2) is 17.9 Å². The lowest BCUT2D eigenvalue weighted by Gasteiger charge is -2.17. The lowest BCUT2D eigenvalue weighted by Crippen LogP contribution is -2.17. The summed E-state index contributed by atoms with van der Waals surface area (Å²) in [6.45, 7) is 4.37. The van der Waals surface area contributed by atoms with Gasteiger partial charge in [-0.25, -0.2) is 0 Å². The molecule has 5 nitrogen and oxygen atoms in total. The molecule has 1 aliphatic rings. The molecule has 0 saturated carbocycles. The van der Waals surface area contributed by atoms with Crippen LogP contribution in [-0.2, 0) is 6.54 Å². The molecule has 0 fully saturated rings. The number of para-hydroxylation sites is 1. The molecular formula is C24H22N2O3. The fraction of sp³-hybridized carbons (Fsp3) is 0.167. The van der Waals surface area contributed by atoms with Crippen molar-refractivity contribution in [2.45, 2.75) is 26.5 Å². The Morgan fingerprint density at radius 1 is 0.966 bits per heavy atom. The van der Waals surface area contributed by atoms with E-state index in [1.165, 1.54) is 0 Å². The van der Waals surface area contributed by atoms with E-state index < -0.39 is 0 Å². The van der Waals surface area contributed by atoms with Crippen LogP contribution in [0.4, 0.5) is 5.69 Å². The van der Waals surface area contributed by atoms with Gasteiger partial charge in [0.1, 0.15) is 5.75 Å². The van der Waals surface area contributed by atoms with Gasteiger partial charge in [-0.3, -0.25) is 9.59 Å². The minimum atomic E-state index is -0.246. The monoisotopic (exact) mass is 386 g/mol. The second-order valence-corrected chi connectivity index (χ2v) is 7.18. The van der Waals surface area contributed by atoms with Gasteiger partial charge in [0, 0.05) is 17.7 Å². The number of ether oxygens (including phenoxy) is 1. The maximum Gasteiger partial charge on any atom is 0.255 e. The minimum absolute atomic E-state index is 0.0355. The summed E-state index contributed by atoms with van der Waals surface area (Å²) in [5.41, 5.74) is 4.27. The lowest BCUT2D eigenvalue weighted by molar-refractivity contribution is 0.0966. The number of anilines is 1. The molecule has 0 aromatic heterocycles. The van der Waals surface area contributed by atoms with E-state index in [9.17, 15) is 9.59 Å². The van der Waals surface area contributed by atoms with Gasteiger partial charge in [-0.1, -0.05) is 42.5 Å². The Bertz CT molecular complexity index is 1070. The molecule has 0 aliphatic carbocycles. The summed E-state index contributed by atoms with van der Waals surface area (Å²) in [7, 11) is 0. The first-order chi connectivity index (χ1) is 14.0. The van der Waals surface area contributed by atoms with E-state index in [2.05, 4.69) is 10.6 Å². The Morgan fingerprint density at radius 2 is 1.69 bits per heavy atom. The predicted octanol–water partition coefficient (Wildman–Crippen LogP) is 4.64. The van der Waals surface area contributed by atoms with Gasteiger partial charge in [-0.05, 0) is 49.2 Å². The van der Waals surface area contributed by atoms with E-state index in [0.29, 0.717) is 23.4 Å². The largest absolute Gasteiger partial charge is 0.490 e. The van der Waals surface area contributed by atoms with Crippen LogP contribution in [0.2, 0.25) is 0 Å². The molecule has 5 heteroatoms. The molecule has 3 aromatic carbocycles. The molecule has 0 bridgehead atoms. The van der Waals surface area contributed by atoms with Crippen molar-refractivity contribution in [3.05, 3.63) is 83.4 Å². The Hall–Kier alpha value is -3.60. The Balaban J connectivity index is 1.75. The quantitative estimate of drug-likeness (QED) is 0.671. The van der Waals surface area contributed by atoms with E-state index in [-0.39, 0.29) is 17.9 Å². The van der Waals surface area contributed by atoms with E-state index in [0.717, 1.165) is 22.4 Å². The van der Waals surface area contributed by atoms with Gasteiger partial charge in [0.15, 0.2) is 0 Å². The number of hydrogen-bond donors (Lipinski definition) is 2. The first-order valence-electron chi connectivity index (χ1n) is 9.61. The maximum absolute atomic E-state index is 12.6. The average Bonchev–Trinajstić information content (AvgIpc) is 3.11. The third-order valence-electron chi connectivity index (χ3n) is 4.79. The van der Waals surface area contributed by atoms with Crippen molar-refractivity contribution in [1.29, 1.82) is 0 Å². The molecule has 1 aliphatic heterocycles. The van der Waals surface area contributed by atoms with Crippen LogP contribution in [0.5, 0.6) is 5.75 Å². The summed E-state index contributed by atoms with van der Waals surface area (Å²) < 4.78 is 5.96. The van der Waals surface area contributed by atoms with Crippen LogP contribution >= 0.6 is 0 Å². The highest BCUT2D eigenvalue weighted by molar-refractivity contribution is 6.11. The first-order valence-corrected chi connectivity index (χ1v) is 9.61. The molecule has 0 atom stereocenters. The molecule has 0 radical (unpaired) electrons. The second kappa shape index (κ2) is 7.80. The van der Waals surface area contributed by atoms with Gasteiger partial charge in [0.2, 0.25) is 0 Å². The Labute approximate surface area is 169 Å². The van der Waals surface area contributed by atoms with Crippen molar-refractivity contribution >= 4 is 17.5 Å². The van der Waals surface area contributed by atoms with Crippen molar-refractivity contribution in [3.8, 4) is 16.9 Å². The van der Waals surface area contributed by atoms with Crippen LogP contribution in [0.1, 0.15) is 40.1 Å². The van der Waals surface area contributed by atoms with Gasteiger partial charge >= 0.3 is 0 Å². The number of nitrogens with one attached hydrogen (secondary N) is 2. The highest BCUT2D eigenvalue weighted by atomic mass is 16.5. The van der Waals surface area contributed by atoms with Crippen molar-refractivity contribution < 1.29 is 14.3 Å². The topological polar surface area (TPSA) is 67.4 Å². The van der Waals surface area contributed by atoms with Crippen LogP contribution in [0.25, 0.3) is 11.1 Å². The molecule has 29 heavy (non-hydrogen) atoms. The van der Waals surface area contributed by atoms with E-state index in [1.54, 1.807) is 30.3 Å². The molecule has 2 N–H and O–H groups in total. The maximum atomic E-state index is 12.6. The summed E-state index contributed by atoms with van der Waals surface area (Å²) in [4.78, 5) is 25.1. The van der Waals surface area contributed by atoms with Crippen molar-refractivity contribution in [2.24, 2.45) is 0 Å². The molecule has 2 amide bonds. The van der Waals surface area contributed by atoms with Crippen LogP contribution < -0.4 is 15.4 Å². The summed E-state index contributed by atoms with van der Waals surface area (Å²) in [6, 6.07) is 20.5. The molecule has 4 rings (SSSR count). The van der Waals surface area contributed by atoms with Crippen molar-refractivity contribution in [1.82, 2.24) is 5.32 Å². The lowest BCUT2D eigenvalue weighted by atomic mass is 9.94. The standard InChI is InChI=1S/C24H22N2O3/c1-15(2)29-21-11-7-6-10-18(21)17-12-13-20(22-19(17)14-25-24(22)28)26-23(27)16-8-4-3-5-9-16/h3-13,15H,14H2,1-2H3,(H,25,28)(H,26,27). The van der Waals surface area contributed by atoms with E-state index in [1.807, 2.05) is 50.2 Å². The highest BCUT2D eigenvalue weighted by Gasteiger charge is 2.27. The van der Waals surface area contributed by atoms with Gasteiger partial charge < -0.3 is 15.4 Å². The van der Waals surface area contributed by atoms with E-state index >= 15 is 0 Å². The van der Waals surface area contributed by atoms with Gasteiger partial charge in [0.05, 0.1) is 17.4 Å². The number of amides is 2. The summed E-state index contributed by atoms with van der Waals surface area (Å²) in [5, 5.41) is 5.76. The van der Waals surface area contributed by atoms with Crippen molar-refractivity contribution in [3.63, 3.8) is 0 Å². The Morgan fingerprint density at radius 3 is 2.45 bits per heavy atom. The van der Waals surface area contributed by atoms with Crippen molar-refractivity contribution in [2.75, 3.05) is 5.32 Å². The normalized spacial score (nSPS) is 12.4. The summed E-state index contributed by atoms with van der Waals surface area (Å²) in [5.74, 6) is 0.335. The van der Waals surface area contributed by atoms with Gasteiger partial charge in [-0.2, -0.15) is 0 Å². The minimum Gasteiger partial charge on any atom is -0.490 e. The number of carbonyl (C=O) groups is 2. The molecule has 146 valence electrons. The van der Waals surface area contributed by atoms with Gasteiger partial charge in [-0.15, -0.1) is 0 Å². The van der Waals surface area contributed by atoms with Crippen LogP contribution in [0.15, 0.2) is 66.7 Å². The number of rotatable bonds is 5. The number of carbonyl (C=O) groups excluding carboxylic acids is 2. The predicted molar refractivity (Wildman–Crippen MR) is 113 cm³/mol. The number of fused-ring (bicyclic) bond motifs is 1. The zero-order valence-electron chi connectivity index (χ0n) is 16.4. The van der Waals surface area contributed by atoms with Crippen LogP contribution in [0, 0.1) is 0 Å². The average molecular weight is 386 g/mol. The molecule has 0 saturated heterocycles. The summed E-state index contributed by atoms with van der Waals surface area (Å²) >= 11 is 0. The molecule has 3 aromatic rings. The summed E-state index contributed by atoms with van der Waals surface area (Å²) in [6.07, 6.45) is 0.0355. The zero-order chi connectivity index (χ0) is 20.4. The SMILES string of the molecule is CC(C)Oc1ccccc1-c1ccc(NC(=O)c2ccccc2)c2c1CNC2=O. The molecule has 0 unspecified atom stereocenters. The zero-order valence-corrected chi connectivity index (χ0v) is 16.4. The third-order valence-corrected chi connectivity index (χ3v) is 4.79. The fourth-order valence-electron chi connectivity index (χ4n) is 3.53. The van der Waals surface area contributed by atoms with Gasteiger partial charge in [0.25, 0.3) is 11.8 Å². The molecule has 0 spiro atoms. The molecular weight excluding hydrogens is 364 g/mol. The Kier molecular flexibility index (Phi) is 5.04. The second-order valence-electron chi connectivity index (χ2n) is 7.18. The third kappa shape index (κ3) is 3.72. The van der Waals surface area contributed by atoms with E-state index in [4.69, 9.17) is 4.74 Å². The first kappa shape index (κ1) is 18.7.